The Balaban J connectivity index is 0.00000341. The van der Waals surface area contributed by atoms with Crippen LogP contribution in [-0.2, 0) is 6.54 Å². The van der Waals surface area contributed by atoms with E-state index in [1.165, 1.54) is 0 Å². The van der Waals surface area contributed by atoms with Gasteiger partial charge in [-0.25, -0.2) is 9.98 Å². The Morgan fingerprint density at radius 2 is 1.77 bits per heavy atom. The van der Waals surface area contributed by atoms with Crippen LogP contribution in [0.4, 0.5) is 5.69 Å². The van der Waals surface area contributed by atoms with Crippen LogP contribution in [0.15, 0.2) is 71.9 Å². The minimum atomic E-state index is 0. The van der Waals surface area contributed by atoms with Crippen molar-refractivity contribution in [2.24, 2.45) is 10.7 Å². The minimum absolute atomic E-state index is 0. The van der Waals surface area contributed by atoms with Crippen LogP contribution in [0.25, 0.3) is 0 Å². The van der Waals surface area contributed by atoms with Gasteiger partial charge in [0.2, 0.25) is 5.88 Å². The molecule has 31 heavy (non-hydrogen) atoms. The van der Waals surface area contributed by atoms with Crippen LogP contribution in [0.5, 0.6) is 23.1 Å². The summed E-state index contributed by atoms with van der Waals surface area (Å²) in [4.78, 5) is 8.76. The van der Waals surface area contributed by atoms with Crippen molar-refractivity contribution in [3.8, 4) is 23.1 Å². The van der Waals surface area contributed by atoms with Gasteiger partial charge in [0.1, 0.15) is 5.75 Å². The predicted molar refractivity (Wildman–Crippen MR) is 134 cm³/mol. The molecule has 0 aliphatic rings. The van der Waals surface area contributed by atoms with Gasteiger partial charge in [-0.05, 0) is 48.9 Å². The van der Waals surface area contributed by atoms with E-state index in [9.17, 15) is 0 Å². The highest BCUT2D eigenvalue weighted by Gasteiger charge is 2.10. The number of hydrogen-bond donors (Lipinski definition) is 2. The minimum Gasteiger partial charge on any atom is -0.497 e. The molecule has 3 rings (SSSR count). The molecule has 0 radical (unpaired) electrons. The van der Waals surface area contributed by atoms with Crippen molar-refractivity contribution < 1.29 is 14.2 Å². The number of rotatable bonds is 9. The molecule has 2 aromatic carbocycles. The highest BCUT2D eigenvalue weighted by Crippen LogP contribution is 2.32. The molecule has 3 N–H and O–H groups in total. The van der Waals surface area contributed by atoms with Crippen LogP contribution >= 0.6 is 24.0 Å². The number of nitrogens with two attached hydrogens (primary N) is 1. The molecule has 0 aliphatic heterocycles. The Hall–Kier alpha value is -3.01. The summed E-state index contributed by atoms with van der Waals surface area (Å²) >= 11 is 0. The van der Waals surface area contributed by atoms with E-state index < -0.39 is 0 Å². The van der Waals surface area contributed by atoms with Crippen molar-refractivity contribution in [1.82, 2.24) is 4.98 Å². The van der Waals surface area contributed by atoms with Gasteiger partial charge in [-0.3, -0.25) is 0 Å². The number of benzene rings is 2. The number of guanidine groups is 1. The zero-order valence-electron chi connectivity index (χ0n) is 17.6. The summed E-state index contributed by atoms with van der Waals surface area (Å²) in [7, 11) is 1.63. The van der Waals surface area contributed by atoms with Gasteiger partial charge < -0.3 is 25.3 Å². The number of ether oxygens (including phenoxy) is 3. The number of anilines is 1. The van der Waals surface area contributed by atoms with Gasteiger partial charge in [0.15, 0.2) is 17.5 Å². The first-order valence-electron chi connectivity index (χ1n) is 9.74. The highest BCUT2D eigenvalue weighted by atomic mass is 127. The molecule has 0 amide bonds. The number of methoxy groups -OCH3 is 1. The summed E-state index contributed by atoms with van der Waals surface area (Å²) < 4.78 is 16.9. The van der Waals surface area contributed by atoms with Gasteiger partial charge in [0.25, 0.3) is 0 Å². The monoisotopic (exact) mass is 534 g/mol. The zero-order chi connectivity index (χ0) is 21.2. The van der Waals surface area contributed by atoms with Crippen molar-refractivity contribution >= 4 is 35.6 Å². The molecule has 0 spiro atoms. The normalized spacial score (nSPS) is 10.7. The lowest BCUT2D eigenvalue weighted by molar-refractivity contribution is 0.300. The molecular weight excluding hydrogens is 507 g/mol. The lowest BCUT2D eigenvalue weighted by Gasteiger charge is -2.13. The summed E-state index contributed by atoms with van der Waals surface area (Å²) in [6, 6.07) is 18.7. The topological polar surface area (TPSA) is 91.0 Å². The average molecular weight is 534 g/mol. The van der Waals surface area contributed by atoms with Crippen LogP contribution < -0.4 is 25.3 Å². The first kappa shape index (κ1) is 24.3. The molecule has 164 valence electrons. The van der Waals surface area contributed by atoms with E-state index in [1.807, 2.05) is 60.7 Å². The molecular formula is C23H27IN4O3. The summed E-state index contributed by atoms with van der Waals surface area (Å²) in [5, 5.41) is 3.06. The van der Waals surface area contributed by atoms with E-state index in [1.54, 1.807) is 13.3 Å². The van der Waals surface area contributed by atoms with Crippen molar-refractivity contribution in [3.63, 3.8) is 0 Å². The lowest BCUT2D eigenvalue weighted by atomic mass is 10.2. The Morgan fingerprint density at radius 1 is 1.03 bits per heavy atom. The van der Waals surface area contributed by atoms with Gasteiger partial charge in [-0.15, -0.1) is 24.0 Å². The Morgan fingerprint density at radius 3 is 2.48 bits per heavy atom. The number of nitrogens with zero attached hydrogens (tertiary/aromatic N) is 2. The van der Waals surface area contributed by atoms with Crippen LogP contribution in [0, 0.1) is 0 Å². The second kappa shape index (κ2) is 12.6. The molecule has 0 fully saturated rings. The summed E-state index contributed by atoms with van der Waals surface area (Å²) in [6.07, 6.45) is 2.59. The Kier molecular flexibility index (Phi) is 9.89. The fraction of sp³-hybridized carbons (Fsp3) is 0.217. The maximum absolute atomic E-state index is 6.03. The number of hydrogen-bond acceptors (Lipinski definition) is 5. The molecule has 0 atom stereocenters. The van der Waals surface area contributed by atoms with E-state index in [0.29, 0.717) is 36.5 Å². The van der Waals surface area contributed by atoms with E-state index in [0.717, 1.165) is 23.4 Å². The first-order valence-corrected chi connectivity index (χ1v) is 9.74. The average Bonchev–Trinajstić information content (AvgIpc) is 2.78. The molecule has 8 heteroatoms. The molecule has 0 aliphatic carbocycles. The molecule has 1 heterocycles. The summed E-state index contributed by atoms with van der Waals surface area (Å²) in [5.74, 6) is 2.82. The third-order valence-corrected chi connectivity index (χ3v) is 4.15. The van der Waals surface area contributed by atoms with Crippen molar-refractivity contribution in [1.29, 1.82) is 0 Å². The lowest BCUT2D eigenvalue weighted by Crippen LogP contribution is -2.22. The van der Waals surface area contributed by atoms with E-state index >= 15 is 0 Å². The summed E-state index contributed by atoms with van der Waals surface area (Å²) in [6.45, 7) is 2.99. The van der Waals surface area contributed by atoms with E-state index in [2.05, 4.69) is 22.2 Å². The number of halogens is 1. The van der Waals surface area contributed by atoms with Crippen LogP contribution in [0.1, 0.15) is 18.9 Å². The van der Waals surface area contributed by atoms with Crippen molar-refractivity contribution in [2.75, 3.05) is 19.0 Å². The molecule has 7 nitrogen and oxygen atoms in total. The second-order valence-corrected chi connectivity index (χ2v) is 6.42. The van der Waals surface area contributed by atoms with Crippen LogP contribution in [0.3, 0.4) is 0 Å². The molecule has 3 aromatic rings. The van der Waals surface area contributed by atoms with E-state index in [4.69, 9.17) is 19.9 Å². The number of para-hydroxylation sites is 2. The van der Waals surface area contributed by atoms with E-state index in [-0.39, 0.29) is 24.0 Å². The SMILES string of the molecule is CCCOc1ccccc1Oc1ncccc1CN=C(N)Nc1ccc(OC)cc1.I. The third kappa shape index (κ3) is 7.32. The van der Waals surface area contributed by atoms with Crippen LogP contribution in [-0.4, -0.2) is 24.7 Å². The molecule has 0 saturated heterocycles. The standard InChI is InChI=1S/C23H26N4O3.HI/c1-3-15-29-20-8-4-5-9-21(20)30-22-17(7-6-14-25-22)16-26-23(24)27-18-10-12-19(28-2)13-11-18;/h4-14H,3,15-16H2,1-2H3,(H3,24,26,27);1H. The first-order chi connectivity index (χ1) is 14.7. The maximum atomic E-state index is 6.03. The highest BCUT2D eigenvalue weighted by molar-refractivity contribution is 14.0. The van der Waals surface area contributed by atoms with Crippen LogP contribution in [0.2, 0.25) is 0 Å². The maximum Gasteiger partial charge on any atom is 0.224 e. The number of aromatic nitrogens is 1. The number of nitrogens with one attached hydrogen (secondary N) is 1. The zero-order valence-corrected chi connectivity index (χ0v) is 19.9. The predicted octanol–water partition coefficient (Wildman–Crippen LogP) is 5.22. The molecule has 0 saturated carbocycles. The van der Waals surface area contributed by atoms with Crippen molar-refractivity contribution in [2.45, 2.75) is 19.9 Å². The summed E-state index contributed by atoms with van der Waals surface area (Å²) in [5.41, 5.74) is 7.66. The van der Waals surface area contributed by atoms with Gasteiger partial charge in [0, 0.05) is 17.4 Å². The largest absolute Gasteiger partial charge is 0.497 e. The third-order valence-electron chi connectivity index (χ3n) is 4.15. The molecule has 0 bridgehead atoms. The smallest absolute Gasteiger partial charge is 0.224 e. The van der Waals surface area contributed by atoms with Gasteiger partial charge >= 0.3 is 0 Å². The number of pyridine rings is 1. The second-order valence-electron chi connectivity index (χ2n) is 6.42. The Labute approximate surface area is 199 Å². The molecule has 0 unspecified atom stereocenters. The van der Waals surface area contributed by atoms with Crippen molar-refractivity contribution in [3.05, 3.63) is 72.4 Å². The quantitative estimate of drug-likeness (QED) is 0.222. The van der Waals surface area contributed by atoms with Gasteiger partial charge in [0.05, 0.1) is 20.3 Å². The fourth-order valence-electron chi connectivity index (χ4n) is 2.64. The Bertz CT molecular complexity index is 981. The molecule has 1 aromatic heterocycles. The fourth-order valence-corrected chi connectivity index (χ4v) is 2.64. The van der Waals surface area contributed by atoms with Gasteiger partial charge in [-0.2, -0.15) is 0 Å². The van der Waals surface area contributed by atoms with Gasteiger partial charge in [-0.1, -0.05) is 25.1 Å². The number of aliphatic imine (C=N–C) groups is 1.